The number of hydrogen-bond donors (Lipinski definition) is 1. The van der Waals surface area contributed by atoms with Crippen LogP contribution >= 0.6 is 0 Å². The number of benzene rings is 1. The van der Waals surface area contributed by atoms with Gasteiger partial charge in [0, 0.05) is 56.7 Å². The highest BCUT2D eigenvalue weighted by molar-refractivity contribution is 5.90. The van der Waals surface area contributed by atoms with Gasteiger partial charge in [-0.15, -0.1) is 0 Å². The Morgan fingerprint density at radius 2 is 1.88 bits per heavy atom. The maximum Gasteiger partial charge on any atom is 0.321 e. The van der Waals surface area contributed by atoms with Gasteiger partial charge in [-0.25, -0.2) is 4.79 Å². The number of nitrogens with one attached hydrogen (secondary N) is 1. The Bertz CT molecular complexity index is 658. The minimum absolute atomic E-state index is 0.0305. The van der Waals surface area contributed by atoms with E-state index in [1.807, 2.05) is 11.0 Å². The molecule has 0 unspecified atom stereocenters. The van der Waals surface area contributed by atoms with E-state index in [0.29, 0.717) is 6.04 Å². The molecule has 2 saturated heterocycles. The molecule has 134 valence electrons. The molecule has 0 radical (unpaired) electrons. The number of amides is 2. The van der Waals surface area contributed by atoms with Gasteiger partial charge in [-0.05, 0) is 49.9 Å². The second kappa shape index (κ2) is 7.08. The molecule has 3 aliphatic rings. The van der Waals surface area contributed by atoms with Gasteiger partial charge in [0.05, 0.1) is 0 Å². The van der Waals surface area contributed by atoms with Gasteiger partial charge < -0.3 is 15.1 Å². The molecule has 1 aromatic rings. The normalized spacial score (nSPS) is 23.6. The summed E-state index contributed by atoms with van der Waals surface area (Å²) in [7, 11) is 0. The minimum atomic E-state index is 0.0305. The molecular weight excluding hydrogens is 312 g/mol. The minimum Gasteiger partial charge on any atom is -0.371 e. The Hall–Kier alpha value is -2.01. The van der Waals surface area contributed by atoms with E-state index < -0.39 is 0 Å². The number of rotatable bonds is 3. The molecule has 4 rings (SSSR count). The molecule has 2 amide bonds. The molecule has 3 heterocycles. The monoisotopic (exact) mass is 340 g/mol. The SMILES string of the molecule is Cc1cc(NC(=O)N2CC[C@H](N3CC=CC3)C2)ccc1N1CCCC1. The van der Waals surface area contributed by atoms with Gasteiger partial charge in [0.1, 0.15) is 0 Å². The first kappa shape index (κ1) is 16.5. The highest BCUT2D eigenvalue weighted by Crippen LogP contribution is 2.27. The predicted octanol–water partition coefficient (Wildman–Crippen LogP) is 3.07. The molecule has 0 spiro atoms. The van der Waals surface area contributed by atoms with Crippen LogP contribution in [-0.2, 0) is 0 Å². The number of nitrogens with zero attached hydrogens (tertiary/aromatic N) is 3. The molecule has 25 heavy (non-hydrogen) atoms. The highest BCUT2D eigenvalue weighted by atomic mass is 16.2. The van der Waals surface area contributed by atoms with E-state index in [1.54, 1.807) is 0 Å². The summed E-state index contributed by atoms with van der Waals surface area (Å²) in [6.45, 7) is 8.15. The van der Waals surface area contributed by atoms with Crippen LogP contribution < -0.4 is 10.2 Å². The summed E-state index contributed by atoms with van der Waals surface area (Å²) in [5.41, 5.74) is 3.44. The predicted molar refractivity (Wildman–Crippen MR) is 102 cm³/mol. The van der Waals surface area contributed by atoms with Gasteiger partial charge in [0.25, 0.3) is 0 Å². The third-order valence-corrected chi connectivity index (χ3v) is 5.71. The maximum absolute atomic E-state index is 12.6. The van der Waals surface area contributed by atoms with Crippen LogP contribution in [0.5, 0.6) is 0 Å². The van der Waals surface area contributed by atoms with Crippen molar-refractivity contribution >= 4 is 17.4 Å². The summed E-state index contributed by atoms with van der Waals surface area (Å²) >= 11 is 0. The lowest BCUT2D eigenvalue weighted by atomic mass is 10.1. The number of urea groups is 1. The summed E-state index contributed by atoms with van der Waals surface area (Å²) in [6, 6.07) is 6.82. The quantitative estimate of drug-likeness (QED) is 0.860. The molecule has 3 aliphatic heterocycles. The largest absolute Gasteiger partial charge is 0.371 e. The Kier molecular flexibility index (Phi) is 4.66. The number of likely N-dealkylation sites (tertiary alicyclic amines) is 1. The van der Waals surface area contributed by atoms with Crippen LogP contribution in [0.1, 0.15) is 24.8 Å². The van der Waals surface area contributed by atoms with E-state index in [1.165, 1.54) is 24.1 Å². The van der Waals surface area contributed by atoms with Crippen molar-refractivity contribution in [2.45, 2.75) is 32.2 Å². The molecule has 0 aliphatic carbocycles. The zero-order valence-electron chi connectivity index (χ0n) is 15.1. The first-order chi connectivity index (χ1) is 12.2. The number of anilines is 2. The second-order valence-corrected chi connectivity index (χ2v) is 7.44. The fourth-order valence-corrected chi connectivity index (χ4v) is 4.27. The van der Waals surface area contributed by atoms with Gasteiger partial charge in [0.2, 0.25) is 0 Å². The third-order valence-electron chi connectivity index (χ3n) is 5.71. The zero-order chi connectivity index (χ0) is 17.2. The fourth-order valence-electron chi connectivity index (χ4n) is 4.27. The second-order valence-electron chi connectivity index (χ2n) is 7.44. The van der Waals surface area contributed by atoms with Gasteiger partial charge in [-0.2, -0.15) is 0 Å². The van der Waals surface area contributed by atoms with Crippen LogP contribution in [0, 0.1) is 6.92 Å². The molecule has 1 aromatic carbocycles. The first-order valence-electron chi connectivity index (χ1n) is 9.51. The molecule has 0 bridgehead atoms. The molecule has 2 fully saturated rings. The van der Waals surface area contributed by atoms with E-state index in [-0.39, 0.29) is 6.03 Å². The molecule has 5 nitrogen and oxygen atoms in total. The van der Waals surface area contributed by atoms with Crippen LogP contribution in [0.25, 0.3) is 0 Å². The van der Waals surface area contributed by atoms with Crippen molar-refractivity contribution in [1.82, 2.24) is 9.80 Å². The zero-order valence-corrected chi connectivity index (χ0v) is 15.1. The summed E-state index contributed by atoms with van der Waals surface area (Å²) in [5.74, 6) is 0. The lowest BCUT2D eigenvalue weighted by Crippen LogP contribution is -2.38. The van der Waals surface area contributed by atoms with Crippen molar-refractivity contribution in [2.24, 2.45) is 0 Å². The van der Waals surface area contributed by atoms with Crippen LogP contribution in [-0.4, -0.2) is 61.1 Å². The summed E-state index contributed by atoms with van der Waals surface area (Å²) in [6.07, 6.45) is 8.06. The number of aryl methyl sites for hydroxylation is 1. The van der Waals surface area contributed by atoms with E-state index in [0.717, 1.165) is 51.4 Å². The topological polar surface area (TPSA) is 38.8 Å². The molecule has 5 heteroatoms. The summed E-state index contributed by atoms with van der Waals surface area (Å²) in [4.78, 5) is 19.4. The van der Waals surface area contributed by atoms with Gasteiger partial charge in [0.15, 0.2) is 0 Å². The van der Waals surface area contributed by atoms with E-state index in [2.05, 4.69) is 46.3 Å². The standard InChI is InChI=1S/C20H28N4O/c1-16-14-17(6-7-19(16)23-11-4-5-12-23)21-20(25)24-13-8-18(15-24)22-9-2-3-10-22/h2-3,6-7,14,18H,4-5,8-13,15H2,1H3,(H,21,25)/t18-/m0/s1. The first-order valence-corrected chi connectivity index (χ1v) is 9.51. The smallest absolute Gasteiger partial charge is 0.321 e. The van der Waals surface area contributed by atoms with E-state index in [4.69, 9.17) is 0 Å². The summed E-state index contributed by atoms with van der Waals surface area (Å²) in [5, 5.41) is 3.09. The van der Waals surface area contributed by atoms with Gasteiger partial charge >= 0.3 is 6.03 Å². The fraction of sp³-hybridized carbons (Fsp3) is 0.550. The van der Waals surface area contributed by atoms with Crippen LogP contribution in [0.15, 0.2) is 30.4 Å². The van der Waals surface area contributed by atoms with E-state index in [9.17, 15) is 4.79 Å². The average Bonchev–Trinajstić information content (AvgIpc) is 3.35. The van der Waals surface area contributed by atoms with Crippen molar-refractivity contribution in [3.8, 4) is 0 Å². The van der Waals surface area contributed by atoms with E-state index >= 15 is 0 Å². The molecular formula is C20H28N4O. The Labute approximate surface area is 150 Å². The van der Waals surface area contributed by atoms with Crippen molar-refractivity contribution < 1.29 is 4.79 Å². The number of carbonyl (C=O) groups is 1. The lowest BCUT2D eigenvalue weighted by molar-refractivity contribution is 0.212. The average molecular weight is 340 g/mol. The number of carbonyl (C=O) groups excluding carboxylic acids is 1. The van der Waals surface area contributed by atoms with Crippen molar-refractivity contribution in [3.63, 3.8) is 0 Å². The van der Waals surface area contributed by atoms with Crippen LogP contribution in [0.3, 0.4) is 0 Å². The highest BCUT2D eigenvalue weighted by Gasteiger charge is 2.30. The Balaban J connectivity index is 1.35. The van der Waals surface area contributed by atoms with Crippen LogP contribution in [0.4, 0.5) is 16.2 Å². The number of hydrogen-bond acceptors (Lipinski definition) is 3. The van der Waals surface area contributed by atoms with Gasteiger partial charge in [-0.3, -0.25) is 4.90 Å². The van der Waals surface area contributed by atoms with Crippen molar-refractivity contribution in [3.05, 3.63) is 35.9 Å². The third kappa shape index (κ3) is 3.52. The van der Waals surface area contributed by atoms with Crippen LogP contribution in [0.2, 0.25) is 0 Å². The Morgan fingerprint density at radius 1 is 1.12 bits per heavy atom. The molecule has 0 aromatic heterocycles. The lowest BCUT2D eigenvalue weighted by Gasteiger charge is -2.24. The Morgan fingerprint density at radius 3 is 2.60 bits per heavy atom. The van der Waals surface area contributed by atoms with Crippen molar-refractivity contribution in [2.75, 3.05) is 49.5 Å². The molecule has 1 atom stereocenters. The van der Waals surface area contributed by atoms with Gasteiger partial charge in [-0.1, -0.05) is 12.2 Å². The molecule has 0 saturated carbocycles. The maximum atomic E-state index is 12.6. The molecule has 1 N–H and O–H groups in total. The summed E-state index contributed by atoms with van der Waals surface area (Å²) < 4.78 is 0. The van der Waals surface area contributed by atoms with Crippen molar-refractivity contribution in [1.29, 1.82) is 0 Å².